The van der Waals surface area contributed by atoms with Crippen molar-refractivity contribution in [1.82, 2.24) is 20.3 Å². The summed E-state index contributed by atoms with van der Waals surface area (Å²) >= 11 is 0. The first kappa shape index (κ1) is 18.6. The van der Waals surface area contributed by atoms with E-state index in [2.05, 4.69) is 30.1 Å². The van der Waals surface area contributed by atoms with Gasteiger partial charge in [-0.2, -0.15) is 0 Å². The van der Waals surface area contributed by atoms with Gasteiger partial charge in [-0.3, -0.25) is 4.79 Å². The molecule has 2 aromatic rings. The number of amides is 1. The second-order valence-electron chi connectivity index (χ2n) is 7.12. The average Bonchev–Trinajstić information content (AvgIpc) is 2.79. The van der Waals surface area contributed by atoms with Gasteiger partial charge in [-0.05, 0) is 30.9 Å². The molecule has 2 aliphatic heterocycles. The molecule has 2 aliphatic rings. The van der Waals surface area contributed by atoms with Gasteiger partial charge in [0, 0.05) is 45.0 Å². The quantitative estimate of drug-likeness (QED) is 0.841. The highest BCUT2D eigenvalue weighted by molar-refractivity contribution is 5.92. The van der Waals surface area contributed by atoms with E-state index in [1.807, 2.05) is 18.3 Å². The lowest BCUT2D eigenvalue weighted by molar-refractivity contribution is 0.0945. The lowest BCUT2D eigenvalue weighted by Crippen LogP contribution is -2.36. The average molecular weight is 382 g/mol. The molecule has 0 spiro atoms. The van der Waals surface area contributed by atoms with Crippen LogP contribution in [0.25, 0.3) is 0 Å². The summed E-state index contributed by atoms with van der Waals surface area (Å²) in [5.41, 5.74) is 1.35. The largest absolute Gasteiger partial charge is 0.378 e. The Morgan fingerprint density at radius 1 is 0.964 bits per heavy atom. The lowest BCUT2D eigenvalue weighted by atomic mass is 10.1. The van der Waals surface area contributed by atoms with Crippen LogP contribution in [0.15, 0.2) is 30.7 Å². The summed E-state index contributed by atoms with van der Waals surface area (Å²) in [6.07, 6.45) is 6.87. The van der Waals surface area contributed by atoms with Crippen LogP contribution in [0.2, 0.25) is 0 Å². The van der Waals surface area contributed by atoms with Crippen LogP contribution in [0.1, 0.15) is 35.3 Å². The van der Waals surface area contributed by atoms with Gasteiger partial charge < -0.3 is 19.9 Å². The number of nitrogens with zero attached hydrogens (tertiary/aromatic N) is 5. The molecule has 0 radical (unpaired) electrons. The van der Waals surface area contributed by atoms with Gasteiger partial charge in [0.2, 0.25) is 0 Å². The minimum atomic E-state index is -0.196. The first-order valence-corrected chi connectivity index (χ1v) is 9.92. The maximum atomic E-state index is 12.5. The van der Waals surface area contributed by atoms with Crippen molar-refractivity contribution in [3.8, 4) is 0 Å². The molecule has 0 unspecified atom stereocenters. The molecule has 28 heavy (non-hydrogen) atoms. The van der Waals surface area contributed by atoms with E-state index in [0.29, 0.717) is 12.2 Å². The van der Waals surface area contributed by atoms with Crippen LogP contribution in [0, 0.1) is 0 Å². The fourth-order valence-corrected chi connectivity index (χ4v) is 3.54. The third-order valence-electron chi connectivity index (χ3n) is 5.16. The van der Waals surface area contributed by atoms with Crippen molar-refractivity contribution in [2.75, 3.05) is 49.2 Å². The second kappa shape index (κ2) is 8.97. The molecule has 148 valence electrons. The monoisotopic (exact) mass is 382 g/mol. The molecule has 4 heterocycles. The van der Waals surface area contributed by atoms with Crippen molar-refractivity contribution in [3.63, 3.8) is 0 Å². The van der Waals surface area contributed by atoms with E-state index in [4.69, 9.17) is 4.74 Å². The number of piperidine rings is 1. The molecule has 0 bridgehead atoms. The number of aromatic nitrogens is 3. The molecule has 2 saturated heterocycles. The smallest absolute Gasteiger partial charge is 0.270 e. The van der Waals surface area contributed by atoms with Gasteiger partial charge >= 0.3 is 0 Å². The molecule has 8 heteroatoms. The van der Waals surface area contributed by atoms with E-state index >= 15 is 0 Å². The van der Waals surface area contributed by atoms with Crippen molar-refractivity contribution in [2.45, 2.75) is 25.8 Å². The molecule has 1 N–H and O–H groups in total. The normalized spacial score (nSPS) is 17.4. The van der Waals surface area contributed by atoms with Gasteiger partial charge in [0.1, 0.15) is 23.7 Å². The Hall–Kier alpha value is -2.74. The molecule has 0 saturated carbocycles. The Morgan fingerprint density at radius 2 is 1.75 bits per heavy atom. The van der Waals surface area contributed by atoms with E-state index < -0.39 is 0 Å². The Bertz CT molecular complexity index is 786. The van der Waals surface area contributed by atoms with Crippen molar-refractivity contribution in [2.24, 2.45) is 0 Å². The number of anilines is 2. The van der Waals surface area contributed by atoms with Gasteiger partial charge in [0.15, 0.2) is 0 Å². The first-order chi connectivity index (χ1) is 13.8. The summed E-state index contributed by atoms with van der Waals surface area (Å²) in [6, 6.07) is 5.77. The fourth-order valence-electron chi connectivity index (χ4n) is 3.54. The number of hydrogen-bond donors (Lipinski definition) is 1. The van der Waals surface area contributed by atoms with Crippen molar-refractivity contribution in [3.05, 3.63) is 42.0 Å². The van der Waals surface area contributed by atoms with Gasteiger partial charge in [0.25, 0.3) is 5.91 Å². The minimum Gasteiger partial charge on any atom is -0.378 e. The van der Waals surface area contributed by atoms with Gasteiger partial charge in [-0.1, -0.05) is 6.07 Å². The standard InChI is InChI=1S/C20H26N6O2/c27-20(17-12-19(24-15-23-17)25-6-2-1-3-7-25)22-14-16-4-5-18(21-13-16)26-8-10-28-11-9-26/h4-5,12-13,15H,1-3,6-11,14H2,(H,22,27). The molecule has 4 rings (SSSR count). The highest BCUT2D eigenvalue weighted by Crippen LogP contribution is 2.17. The fraction of sp³-hybridized carbons (Fsp3) is 0.500. The van der Waals surface area contributed by atoms with Crippen LogP contribution >= 0.6 is 0 Å². The number of nitrogens with one attached hydrogen (secondary N) is 1. The summed E-state index contributed by atoms with van der Waals surface area (Å²) in [7, 11) is 0. The van der Waals surface area contributed by atoms with Crippen molar-refractivity contribution < 1.29 is 9.53 Å². The number of carbonyl (C=O) groups excluding carboxylic acids is 1. The van der Waals surface area contributed by atoms with Crippen LogP contribution in [-0.2, 0) is 11.3 Å². The third kappa shape index (κ3) is 4.56. The first-order valence-electron chi connectivity index (χ1n) is 9.92. The van der Waals surface area contributed by atoms with E-state index in [-0.39, 0.29) is 5.91 Å². The zero-order chi connectivity index (χ0) is 19.2. The van der Waals surface area contributed by atoms with Crippen molar-refractivity contribution >= 4 is 17.5 Å². The number of pyridine rings is 1. The molecular formula is C20H26N6O2. The van der Waals surface area contributed by atoms with Crippen LogP contribution in [-0.4, -0.2) is 60.3 Å². The Kier molecular flexibility index (Phi) is 5.96. The summed E-state index contributed by atoms with van der Waals surface area (Å²) in [6.45, 7) is 5.57. The lowest BCUT2D eigenvalue weighted by Gasteiger charge is -2.27. The van der Waals surface area contributed by atoms with Crippen LogP contribution in [0.5, 0.6) is 0 Å². The Morgan fingerprint density at radius 3 is 2.50 bits per heavy atom. The minimum absolute atomic E-state index is 0.196. The number of hydrogen-bond acceptors (Lipinski definition) is 7. The summed E-state index contributed by atoms with van der Waals surface area (Å²) in [5.74, 6) is 1.58. The number of carbonyl (C=O) groups is 1. The SMILES string of the molecule is O=C(NCc1ccc(N2CCOCC2)nc1)c1cc(N2CCCCC2)ncn1. The summed E-state index contributed by atoms with van der Waals surface area (Å²) in [5, 5.41) is 2.92. The maximum Gasteiger partial charge on any atom is 0.270 e. The molecular weight excluding hydrogens is 356 g/mol. The number of morpholine rings is 1. The Balaban J connectivity index is 1.33. The summed E-state index contributed by atoms with van der Waals surface area (Å²) in [4.78, 5) is 29.9. The van der Waals surface area contributed by atoms with E-state index in [1.54, 1.807) is 6.07 Å². The van der Waals surface area contributed by atoms with Gasteiger partial charge in [-0.25, -0.2) is 15.0 Å². The predicted molar refractivity (Wildman–Crippen MR) is 107 cm³/mol. The third-order valence-corrected chi connectivity index (χ3v) is 5.16. The zero-order valence-corrected chi connectivity index (χ0v) is 16.0. The molecule has 2 aromatic heterocycles. The summed E-state index contributed by atoms with van der Waals surface area (Å²) < 4.78 is 5.37. The van der Waals surface area contributed by atoms with E-state index in [9.17, 15) is 4.79 Å². The van der Waals surface area contributed by atoms with E-state index in [0.717, 1.165) is 56.6 Å². The number of ether oxygens (including phenoxy) is 1. The zero-order valence-electron chi connectivity index (χ0n) is 16.0. The molecule has 1 amide bonds. The molecule has 0 atom stereocenters. The molecule has 2 fully saturated rings. The van der Waals surface area contributed by atoms with Gasteiger partial charge in [-0.15, -0.1) is 0 Å². The Labute approximate surface area is 164 Å². The van der Waals surface area contributed by atoms with Crippen LogP contribution in [0.3, 0.4) is 0 Å². The number of rotatable bonds is 5. The predicted octanol–water partition coefficient (Wildman–Crippen LogP) is 1.63. The molecule has 0 aromatic carbocycles. The van der Waals surface area contributed by atoms with Crippen LogP contribution < -0.4 is 15.1 Å². The molecule has 8 nitrogen and oxygen atoms in total. The van der Waals surface area contributed by atoms with Crippen molar-refractivity contribution in [1.29, 1.82) is 0 Å². The molecule has 0 aliphatic carbocycles. The highest BCUT2D eigenvalue weighted by atomic mass is 16.5. The van der Waals surface area contributed by atoms with E-state index in [1.165, 1.54) is 25.6 Å². The maximum absolute atomic E-state index is 12.5. The van der Waals surface area contributed by atoms with Crippen LogP contribution in [0.4, 0.5) is 11.6 Å². The van der Waals surface area contributed by atoms with Gasteiger partial charge in [0.05, 0.1) is 13.2 Å². The highest BCUT2D eigenvalue weighted by Gasteiger charge is 2.16. The topological polar surface area (TPSA) is 83.5 Å². The second-order valence-corrected chi connectivity index (χ2v) is 7.12.